The summed E-state index contributed by atoms with van der Waals surface area (Å²) < 4.78 is 24.3. The molecule has 3 rings (SSSR count). The molecule has 1 N–H and O–H groups in total. The lowest BCUT2D eigenvalue weighted by molar-refractivity contribution is 0.0983. The number of nitrogens with one attached hydrogen (secondary N) is 1. The topological polar surface area (TPSA) is 82.3 Å². The molecule has 6 nitrogen and oxygen atoms in total. The molecule has 2 heterocycles. The van der Waals surface area contributed by atoms with Crippen molar-refractivity contribution in [1.82, 2.24) is 4.98 Å². The highest BCUT2D eigenvalue weighted by atomic mass is 19.1. The number of hydrogen-bond acceptors (Lipinski definition) is 4. The van der Waals surface area contributed by atoms with Gasteiger partial charge >= 0.3 is 0 Å². The van der Waals surface area contributed by atoms with Gasteiger partial charge < -0.3 is 19.0 Å². The molecule has 2 aromatic heterocycles. The van der Waals surface area contributed by atoms with Gasteiger partial charge in [-0.3, -0.25) is 4.79 Å². The highest BCUT2D eigenvalue weighted by Gasteiger charge is 2.21. The number of nitriles is 1. The molecule has 0 aliphatic heterocycles. The van der Waals surface area contributed by atoms with Crippen molar-refractivity contribution in [2.75, 3.05) is 12.0 Å². The number of nitrogens with zero attached hydrogens (tertiary/aromatic N) is 2. The average molecular weight is 339 g/mol. The summed E-state index contributed by atoms with van der Waals surface area (Å²) in [6.45, 7) is 0.116. The van der Waals surface area contributed by atoms with Gasteiger partial charge in [0.2, 0.25) is 0 Å². The molecule has 7 heteroatoms. The molecule has 3 aromatic rings. The zero-order valence-electron chi connectivity index (χ0n) is 13.3. The number of amides is 1. The van der Waals surface area contributed by atoms with E-state index in [0.29, 0.717) is 17.0 Å². The van der Waals surface area contributed by atoms with Crippen LogP contribution >= 0.6 is 0 Å². The number of aromatic nitrogens is 1. The molecule has 1 aromatic carbocycles. The number of carbonyl (C=O) groups excluding carboxylic acids is 1. The number of halogens is 1. The van der Waals surface area contributed by atoms with Gasteiger partial charge in [0.15, 0.2) is 11.6 Å². The fourth-order valence-electron chi connectivity index (χ4n) is 2.40. The first-order valence-corrected chi connectivity index (χ1v) is 7.38. The Morgan fingerprint density at radius 1 is 1.40 bits per heavy atom. The number of methoxy groups -OCH3 is 1. The van der Waals surface area contributed by atoms with E-state index in [0.717, 1.165) is 0 Å². The molecule has 0 fully saturated rings. The number of carbonyl (C=O) groups is 1. The normalized spacial score (nSPS) is 10.3. The van der Waals surface area contributed by atoms with Gasteiger partial charge in [0.25, 0.3) is 5.91 Å². The minimum Gasteiger partial charge on any atom is -0.494 e. The molecular formula is C18H14FN3O3. The monoisotopic (exact) mass is 339 g/mol. The van der Waals surface area contributed by atoms with E-state index in [1.807, 2.05) is 6.07 Å². The number of H-pyrrole nitrogens is 1. The summed E-state index contributed by atoms with van der Waals surface area (Å²) in [5.74, 6) is -0.342. The van der Waals surface area contributed by atoms with Crippen molar-refractivity contribution >= 4 is 11.6 Å². The zero-order valence-corrected chi connectivity index (χ0v) is 13.3. The summed E-state index contributed by atoms with van der Waals surface area (Å²) in [6.07, 6.45) is 2.94. The Kier molecular flexibility index (Phi) is 4.53. The molecule has 0 saturated carbocycles. The van der Waals surface area contributed by atoms with E-state index in [1.54, 1.807) is 18.2 Å². The summed E-state index contributed by atoms with van der Waals surface area (Å²) in [7, 11) is 1.37. The molecule has 0 unspecified atom stereocenters. The maximum Gasteiger partial charge on any atom is 0.260 e. The molecule has 0 spiro atoms. The minimum absolute atomic E-state index is 0.0857. The van der Waals surface area contributed by atoms with Gasteiger partial charge in [-0.2, -0.15) is 5.26 Å². The van der Waals surface area contributed by atoms with Gasteiger partial charge in [0.05, 0.1) is 25.5 Å². The minimum atomic E-state index is -0.580. The van der Waals surface area contributed by atoms with Gasteiger partial charge in [-0.1, -0.05) is 0 Å². The van der Waals surface area contributed by atoms with Crippen LogP contribution in [0.4, 0.5) is 10.1 Å². The molecule has 0 aliphatic carbocycles. The Bertz CT molecular complexity index is 925. The summed E-state index contributed by atoms with van der Waals surface area (Å²) >= 11 is 0. The van der Waals surface area contributed by atoms with Crippen LogP contribution in [0.5, 0.6) is 5.75 Å². The number of ether oxygens (including phenoxy) is 1. The predicted molar refractivity (Wildman–Crippen MR) is 87.7 cm³/mol. The van der Waals surface area contributed by atoms with E-state index in [9.17, 15) is 9.18 Å². The Morgan fingerprint density at radius 3 is 2.84 bits per heavy atom. The van der Waals surface area contributed by atoms with Crippen LogP contribution in [0.1, 0.15) is 21.8 Å². The number of rotatable bonds is 5. The van der Waals surface area contributed by atoms with Crippen LogP contribution < -0.4 is 9.64 Å². The second kappa shape index (κ2) is 6.93. The number of aromatic amines is 1. The third-order valence-corrected chi connectivity index (χ3v) is 3.64. The van der Waals surface area contributed by atoms with Crippen molar-refractivity contribution in [3.63, 3.8) is 0 Å². The number of benzene rings is 1. The van der Waals surface area contributed by atoms with Gasteiger partial charge in [0, 0.05) is 18.0 Å². The van der Waals surface area contributed by atoms with Crippen LogP contribution in [0.2, 0.25) is 0 Å². The highest BCUT2D eigenvalue weighted by Crippen LogP contribution is 2.26. The maximum atomic E-state index is 14.1. The van der Waals surface area contributed by atoms with E-state index in [1.165, 1.54) is 42.7 Å². The number of anilines is 1. The third kappa shape index (κ3) is 3.38. The SMILES string of the molecule is COc1ccc(N(Cc2ccco2)C(=O)c2c[nH]c(C#N)c2)cc1F. The summed E-state index contributed by atoms with van der Waals surface area (Å²) in [6, 6.07) is 11.0. The van der Waals surface area contributed by atoms with Crippen molar-refractivity contribution in [3.8, 4) is 11.8 Å². The first-order chi connectivity index (χ1) is 12.1. The van der Waals surface area contributed by atoms with Gasteiger partial charge in [-0.25, -0.2) is 4.39 Å². The molecule has 25 heavy (non-hydrogen) atoms. The van der Waals surface area contributed by atoms with Crippen LogP contribution in [0.25, 0.3) is 0 Å². The molecule has 0 bridgehead atoms. The second-order valence-electron chi connectivity index (χ2n) is 5.20. The molecule has 0 radical (unpaired) electrons. The van der Waals surface area contributed by atoms with E-state index in [-0.39, 0.29) is 18.0 Å². The quantitative estimate of drug-likeness (QED) is 0.771. The standard InChI is InChI=1S/C18H14FN3O3/c1-24-17-5-4-14(8-16(17)19)22(11-15-3-2-6-25-15)18(23)12-7-13(9-20)21-10-12/h2-8,10,21H,11H2,1H3. The average Bonchev–Trinajstić information content (AvgIpc) is 3.30. The summed E-state index contributed by atoms with van der Waals surface area (Å²) in [5.41, 5.74) is 0.904. The first-order valence-electron chi connectivity index (χ1n) is 7.38. The van der Waals surface area contributed by atoms with Gasteiger partial charge in [-0.05, 0) is 30.3 Å². The van der Waals surface area contributed by atoms with Gasteiger partial charge in [-0.15, -0.1) is 0 Å². The van der Waals surface area contributed by atoms with Crippen molar-refractivity contribution in [2.45, 2.75) is 6.54 Å². The predicted octanol–water partition coefficient (Wildman–Crippen LogP) is 3.47. The Balaban J connectivity index is 1.98. The van der Waals surface area contributed by atoms with Crippen molar-refractivity contribution in [3.05, 3.63) is 71.7 Å². The first kappa shape index (κ1) is 16.3. The van der Waals surface area contributed by atoms with Crippen LogP contribution in [0.3, 0.4) is 0 Å². The van der Waals surface area contributed by atoms with E-state index < -0.39 is 11.7 Å². The Morgan fingerprint density at radius 2 is 2.24 bits per heavy atom. The molecule has 0 saturated heterocycles. The lowest BCUT2D eigenvalue weighted by Gasteiger charge is -2.22. The highest BCUT2D eigenvalue weighted by molar-refractivity contribution is 6.06. The number of hydrogen-bond donors (Lipinski definition) is 1. The third-order valence-electron chi connectivity index (χ3n) is 3.64. The van der Waals surface area contributed by atoms with E-state index >= 15 is 0 Å². The summed E-state index contributed by atoms with van der Waals surface area (Å²) in [4.78, 5) is 16.9. The smallest absolute Gasteiger partial charge is 0.260 e. The Hall–Kier alpha value is -3.53. The Labute approximate surface area is 143 Å². The number of furan rings is 1. The maximum absolute atomic E-state index is 14.1. The fourth-order valence-corrected chi connectivity index (χ4v) is 2.40. The summed E-state index contributed by atoms with van der Waals surface area (Å²) in [5, 5.41) is 8.91. The van der Waals surface area contributed by atoms with Gasteiger partial charge in [0.1, 0.15) is 17.5 Å². The molecular weight excluding hydrogens is 325 g/mol. The largest absolute Gasteiger partial charge is 0.494 e. The van der Waals surface area contributed by atoms with E-state index in [2.05, 4.69) is 4.98 Å². The lowest BCUT2D eigenvalue weighted by atomic mass is 10.2. The van der Waals surface area contributed by atoms with Crippen LogP contribution in [0.15, 0.2) is 53.3 Å². The van der Waals surface area contributed by atoms with Crippen LogP contribution in [-0.2, 0) is 6.54 Å². The van der Waals surface area contributed by atoms with Crippen molar-refractivity contribution in [2.24, 2.45) is 0 Å². The van der Waals surface area contributed by atoms with Crippen molar-refractivity contribution < 1.29 is 18.3 Å². The molecule has 0 atom stereocenters. The van der Waals surface area contributed by atoms with Crippen LogP contribution in [-0.4, -0.2) is 18.0 Å². The molecule has 126 valence electrons. The second-order valence-corrected chi connectivity index (χ2v) is 5.20. The molecule has 1 amide bonds. The van der Waals surface area contributed by atoms with E-state index in [4.69, 9.17) is 14.4 Å². The lowest BCUT2D eigenvalue weighted by Crippen LogP contribution is -2.30. The fraction of sp³-hybridized carbons (Fsp3) is 0.111. The van der Waals surface area contributed by atoms with Crippen molar-refractivity contribution in [1.29, 1.82) is 5.26 Å². The molecule has 0 aliphatic rings. The van der Waals surface area contributed by atoms with Crippen LogP contribution in [0, 0.1) is 17.1 Å². The zero-order chi connectivity index (χ0) is 17.8.